The molecule has 26 atom stereocenters. The van der Waals surface area contributed by atoms with Crippen molar-refractivity contribution in [2.75, 3.05) is 26.9 Å². The van der Waals surface area contributed by atoms with E-state index in [-0.39, 0.29) is 40.9 Å². The molecule has 0 unspecified atom stereocenters. The van der Waals surface area contributed by atoms with Crippen molar-refractivity contribution in [1.82, 2.24) is 0 Å². The Balaban J connectivity index is 0.958. The van der Waals surface area contributed by atoms with E-state index in [9.17, 15) is 61.0 Å². The number of carbonyl (C=O) groups excluding carboxylic acids is 2. The third-order valence-electron chi connectivity index (χ3n) is 20.9. The van der Waals surface area contributed by atoms with Crippen LogP contribution in [0.25, 0.3) is 0 Å². The summed E-state index contributed by atoms with van der Waals surface area (Å²) in [5, 5.41) is 121. The smallest absolute Gasteiger partial charge is 0.337 e. The second-order valence-electron chi connectivity index (χ2n) is 25.8. The summed E-state index contributed by atoms with van der Waals surface area (Å²) >= 11 is 0. The first kappa shape index (κ1) is 57.6. The van der Waals surface area contributed by atoms with E-state index in [4.69, 9.17) is 42.6 Å². The molecule has 0 radical (unpaired) electrons. The van der Waals surface area contributed by atoms with E-state index in [1.54, 1.807) is 0 Å². The highest BCUT2D eigenvalue weighted by Crippen LogP contribution is 2.76. The van der Waals surface area contributed by atoms with Crippen molar-refractivity contribution in [1.29, 1.82) is 0 Å². The summed E-state index contributed by atoms with van der Waals surface area (Å²) in [4.78, 5) is 27.9. The van der Waals surface area contributed by atoms with Crippen LogP contribution in [0, 0.1) is 50.2 Å². The molecule has 0 aromatic heterocycles. The van der Waals surface area contributed by atoms with Crippen molar-refractivity contribution in [2.24, 2.45) is 50.2 Å². The molecule has 4 heterocycles. The maximum Gasteiger partial charge on any atom is 0.337 e. The van der Waals surface area contributed by atoms with Gasteiger partial charge in [0.25, 0.3) is 0 Å². The van der Waals surface area contributed by atoms with E-state index < -0.39 is 170 Å². The number of aliphatic hydroxyl groups is 11. The molecule has 4 saturated heterocycles. The second-order valence-corrected chi connectivity index (χ2v) is 25.8. The lowest BCUT2D eigenvalue weighted by Gasteiger charge is -2.71. The van der Waals surface area contributed by atoms with Gasteiger partial charge in [-0.2, -0.15) is 0 Å². The average molecular weight is 1070 g/mol. The van der Waals surface area contributed by atoms with Gasteiger partial charge < -0.3 is 98.8 Å². The van der Waals surface area contributed by atoms with E-state index in [2.05, 4.69) is 54.5 Å². The Hall–Kier alpha value is -2.04. The summed E-state index contributed by atoms with van der Waals surface area (Å²) in [6, 6.07) is 0. The molecule has 428 valence electrons. The predicted molar refractivity (Wildman–Crippen MR) is 256 cm³/mol. The highest BCUT2D eigenvalue weighted by atomic mass is 16.8. The monoisotopic (exact) mass is 1070 g/mol. The fourth-order valence-electron chi connectivity index (χ4n) is 16.1. The first-order chi connectivity index (χ1) is 35.0. The van der Waals surface area contributed by atoms with Gasteiger partial charge in [-0.3, -0.25) is 4.79 Å². The van der Waals surface area contributed by atoms with Crippen molar-refractivity contribution in [2.45, 2.75) is 229 Å². The molecule has 9 aliphatic rings. The normalized spacial score (nSPS) is 53.3. The molecule has 22 heteroatoms. The molecule has 0 amide bonds. The third kappa shape index (κ3) is 9.08. The van der Waals surface area contributed by atoms with Gasteiger partial charge in [-0.05, 0) is 110 Å². The lowest BCUT2D eigenvalue weighted by molar-refractivity contribution is -0.362. The molecule has 0 bridgehead atoms. The number of carbonyl (C=O) groups is 2. The first-order valence-corrected chi connectivity index (χ1v) is 26.9. The number of rotatable bonds is 10. The number of aliphatic hydroxyl groups excluding tert-OH is 10. The van der Waals surface area contributed by atoms with Gasteiger partial charge in [0.05, 0.1) is 45.2 Å². The molecule has 75 heavy (non-hydrogen) atoms. The molecule has 11 N–H and O–H groups in total. The predicted octanol–water partition coefficient (Wildman–Crippen LogP) is -0.576. The fraction of sp³-hybridized carbons (Fsp3) is 0.925. The van der Waals surface area contributed by atoms with Crippen LogP contribution in [0.15, 0.2) is 11.6 Å². The van der Waals surface area contributed by atoms with Crippen LogP contribution in [0.3, 0.4) is 0 Å². The van der Waals surface area contributed by atoms with E-state index >= 15 is 4.79 Å². The Morgan fingerprint density at radius 1 is 0.707 bits per heavy atom. The molecule has 4 aliphatic heterocycles. The maximum atomic E-state index is 15.3. The van der Waals surface area contributed by atoms with Gasteiger partial charge >= 0.3 is 11.9 Å². The molecular formula is C53H84O22. The molecule has 0 aromatic carbocycles. The summed E-state index contributed by atoms with van der Waals surface area (Å²) in [5.74, 6) is -1.90. The lowest BCUT2D eigenvalue weighted by atomic mass is 9.33. The van der Waals surface area contributed by atoms with E-state index in [1.165, 1.54) is 6.92 Å². The van der Waals surface area contributed by atoms with Gasteiger partial charge in [-0.25, -0.2) is 4.79 Å². The Bertz CT molecular complexity index is 2140. The van der Waals surface area contributed by atoms with Gasteiger partial charge in [-0.1, -0.05) is 60.1 Å². The highest BCUT2D eigenvalue weighted by molar-refractivity contribution is 5.80. The lowest BCUT2D eigenvalue weighted by Crippen LogP contribution is -2.68. The summed E-state index contributed by atoms with van der Waals surface area (Å²) < 4.78 is 52.4. The summed E-state index contributed by atoms with van der Waals surface area (Å²) in [6.45, 7) is 15.1. The Morgan fingerprint density at radius 2 is 1.39 bits per heavy atom. The molecule has 9 rings (SSSR count). The fourth-order valence-corrected chi connectivity index (χ4v) is 16.1. The van der Waals surface area contributed by atoms with Crippen LogP contribution < -0.4 is 0 Å². The molecular weight excluding hydrogens is 989 g/mol. The van der Waals surface area contributed by atoms with E-state index in [0.717, 1.165) is 31.9 Å². The van der Waals surface area contributed by atoms with Crippen molar-refractivity contribution in [3.05, 3.63) is 11.6 Å². The van der Waals surface area contributed by atoms with Crippen molar-refractivity contribution >= 4 is 11.9 Å². The molecule has 22 nitrogen and oxygen atoms in total. The number of esters is 2. The minimum Gasteiger partial charge on any atom is -0.467 e. The van der Waals surface area contributed by atoms with Crippen LogP contribution in [-0.4, -0.2) is 211 Å². The van der Waals surface area contributed by atoms with Gasteiger partial charge in [-0.15, -0.1) is 0 Å². The molecule has 4 saturated carbocycles. The minimum absolute atomic E-state index is 0.109. The molecule has 0 aromatic rings. The zero-order chi connectivity index (χ0) is 54.9. The molecule has 5 aliphatic carbocycles. The highest BCUT2D eigenvalue weighted by Gasteiger charge is 2.72. The van der Waals surface area contributed by atoms with Crippen LogP contribution in [0.1, 0.15) is 113 Å². The van der Waals surface area contributed by atoms with Crippen molar-refractivity contribution in [3.63, 3.8) is 0 Å². The number of ether oxygens (including phenoxy) is 9. The Labute approximate surface area is 437 Å². The largest absolute Gasteiger partial charge is 0.467 e. The van der Waals surface area contributed by atoms with Gasteiger partial charge in [0.15, 0.2) is 31.1 Å². The molecule has 0 spiro atoms. The Kier molecular flexibility index (Phi) is 15.5. The van der Waals surface area contributed by atoms with E-state index in [1.807, 2.05) is 0 Å². The van der Waals surface area contributed by atoms with Crippen LogP contribution in [-0.2, 0) is 52.2 Å². The van der Waals surface area contributed by atoms with Gasteiger partial charge in [0.1, 0.15) is 66.0 Å². The maximum absolute atomic E-state index is 15.3. The molecule has 8 fully saturated rings. The SMILES string of the molecule is COC(=O)[C@H]1O[C@@H](O[C@H]2CC[C@]3(C)[C@H]4CC=C5[C@H]6CC(C)(C)CC[C@]6(C(=O)O[C@@H]6OC[C@H](O)[C@H](O)[C@H]6O[C@@H]6O[C@@H](C)[C@H](O)[C@@H](O[C@@H]7OC[C@](O)(CO)[C@H]7O)[C@H]6O)[C@H](O)C[C@@]5(C)[C@]4(C)CC[C@H]3C2(C)C)[C@H](O)[C@@H](O)[C@@H]1O. The standard InChI is InChI=1S/C53H84O22/c1-23-31(57)37(72-45-40(63)52(66,21-54)22-69-45)36(62)43(70-23)74-39-32(58)26(55)20-68-44(39)75-46(65)53-17-16-47(2,3)18-25(53)24-10-11-28-49(6)14-13-30(71-42-35(61)33(59)34(60)38(73-42)41(64)67-9)48(4,5)27(49)12-15-50(28,7)51(24,8)19-29(53)56/h10,23,25-40,42-45,54-63,66H,11-22H2,1-9H3/t23-,25+,26-,27-,28+,29+,30-,31-,32-,33-,34-,35+,36+,37+,38-,39+,40-,42+,43-,44-,45-,49-,50+,51+,52+,53+/m0/s1. The zero-order valence-electron chi connectivity index (χ0n) is 44.6. The Morgan fingerprint density at radius 3 is 2.05 bits per heavy atom. The number of methoxy groups -OCH3 is 1. The summed E-state index contributed by atoms with van der Waals surface area (Å²) in [5.41, 5.74) is -4.35. The minimum atomic E-state index is -2.07. The topological polar surface area (TPSA) is 340 Å². The van der Waals surface area contributed by atoms with Crippen LogP contribution in [0.5, 0.6) is 0 Å². The van der Waals surface area contributed by atoms with Gasteiger partial charge in [0, 0.05) is 0 Å². The number of hydrogen-bond acceptors (Lipinski definition) is 22. The van der Waals surface area contributed by atoms with Crippen LogP contribution >= 0.6 is 0 Å². The zero-order valence-corrected chi connectivity index (χ0v) is 44.6. The summed E-state index contributed by atoms with van der Waals surface area (Å²) in [6.07, 6.45) is -19.9. The van der Waals surface area contributed by atoms with Crippen molar-refractivity contribution < 1.29 is 108 Å². The number of allylic oxidation sites excluding steroid dienone is 2. The van der Waals surface area contributed by atoms with Crippen molar-refractivity contribution in [3.8, 4) is 0 Å². The first-order valence-electron chi connectivity index (χ1n) is 26.9. The third-order valence-corrected chi connectivity index (χ3v) is 20.9. The quantitative estimate of drug-likeness (QED) is 0.0741. The van der Waals surface area contributed by atoms with Gasteiger partial charge in [0.2, 0.25) is 6.29 Å². The number of hydrogen-bond donors (Lipinski definition) is 11. The van der Waals surface area contributed by atoms with E-state index in [0.29, 0.717) is 25.7 Å². The van der Waals surface area contributed by atoms with Crippen LogP contribution in [0.4, 0.5) is 0 Å². The number of fused-ring (bicyclic) bond motifs is 7. The summed E-state index contributed by atoms with van der Waals surface area (Å²) in [7, 11) is 1.14. The second kappa shape index (κ2) is 20.2. The van der Waals surface area contributed by atoms with Crippen LogP contribution in [0.2, 0.25) is 0 Å². The average Bonchev–Trinajstić information content (AvgIpc) is 3.63.